The molecule has 0 aliphatic rings. The Labute approximate surface area is 180 Å². The van der Waals surface area contributed by atoms with Crippen LogP contribution in [0.2, 0.25) is 0 Å². The molecule has 0 fully saturated rings. The van der Waals surface area contributed by atoms with E-state index in [9.17, 15) is 14.4 Å². The van der Waals surface area contributed by atoms with Gasteiger partial charge in [0, 0.05) is 18.5 Å². The summed E-state index contributed by atoms with van der Waals surface area (Å²) < 4.78 is 5.23. The van der Waals surface area contributed by atoms with Gasteiger partial charge in [0.1, 0.15) is 5.82 Å². The van der Waals surface area contributed by atoms with Gasteiger partial charge in [0.25, 0.3) is 11.5 Å². The lowest BCUT2D eigenvalue weighted by Gasteiger charge is -2.14. The Morgan fingerprint density at radius 2 is 1.77 bits per heavy atom. The summed E-state index contributed by atoms with van der Waals surface area (Å²) in [6, 6.07) is 14.7. The number of aryl methyl sites for hydroxylation is 1. The predicted octanol–water partition coefficient (Wildman–Crippen LogP) is 3.94. The quantitative estimate of drug-likeness (QED) is 0.537. The lowest BCUT2D eigenvalue weighted by atomic mass is 10.0. The van der Waals surface area contributed by atoms with Crippen LogP contribution in [0, 0.1) is 0 Å². The summed E-state index contributed by atoms with van der Waals surface area (Å²) in [7, 11) is 0. The third-order valence-electron chi connectivity index (χ3n) is 4.98. The van der Waals surface area contributed by atoms with E-state index in [4.69, 9.17) is 4.74 Å². The van der Waals surface area contributed by atoms with Crippen molar-refractivity contribution in [1.82, 2.24) is 9.97 Å². The first kappa shape index (κ1) is 22.2. The van der Waals surface area contributed by atoms with Crippen LogP contribution >= 0.6 is 0 Å². The van der Waals surface area contributed by atoms with Crippen molar-refractivity contribution in [3.05, 3.63) is 70.3 Å². The number of hydrogen-bond donors (Lipinski definition) is 2. The fourth-order valence-corrected chi connectivity index (χ4v) is 3.16. The van der Waals surface area contributed by atoms with Crippen molar-refractivity contribution in [2.45, 2.75) is 52.1 Å². The topological polar surface area (TPSA) is 101 Å². The minimum absolute atomic E-state index is 0.122. The molecule has 7 nitrogen and oxygen atoms in total. The summed E-state index contributed by atoms with van der Waals surface area (Å²) in [6.07, 6.45) is 0.0937. The summed E-state index contributed by atoms with van der Waals surface area (Å²) in [5.41, 5.74) is 2.26. The Morgan fingerprint density at radius 3 is 2.48 bits per heavy atom. The van der Waals surface area contributed by atoms with Crippen molar-refractivity contribution in [1.29, 1.82) is 0 Å². The van der Waals surface area contributed by atoms with Gasteiger partial charge >= 0.3 is 5.97 Å². The normalized spacial score (nSPS) is 12.0. The molecule has 7 heteroatoms. The maximum Gasteiger partial charge on any atom is 0.306 e. The molecule has 2 aromatic carbocycles. The van der Waals surface area contributed by atoms with Crippen LogP contribution in [0.3, 0.4) is 0 Å². The van der Waals surface area contributed by atoms with Gasteiger partial charge in [-0.15, -0.1) is 0 Å². The first-order chi connectivity index (χ1) is 14.8. The largest absolute Gasteiger partial charge is 0.453 e. The molecule has 3 aromatic rings. The monoisotopic (exact) mass is 421 g/mol. The van der Waals surface area contributed by atoms with Crippen molar-refractivity contribution >= 4 is 28.5 Å². The summed E-state index contributed by atoms with van der Waals surface area (Å²) in [4.78, 5) is 43.6. The lowest BCUT2D eigenvalue weighted by molar-refractivity contribution is -0.153. The first-order valence-electron chi connectivity index (χ1n) is 10.4. The number of esters is 1. The number of aromatic nitrogens is 2. The fourth-order valence-electron chi connectivity index (χ4n) is 3.16. The Morgan fingerprint density at radius 1 is 1.06 bits per heavy atom. The number of nitrogens with zero attached hydrogens (tertiary/aromatic N) is 1. The van der Waals surface area contributed by atoms with Crippen LogP contribution in [0.25, 0.3) is 10.9 Å². The van der Waals surface area contributed by atoms with Crippen LogP contribution in [0.4, 0.5) is 5.69 Å². The molecule has 2 N–H and O–H groups in total. The summed E-state index contributed by atoms with van der Waals surface area (Å²) in [5.74, 6) is 0.0755. The number of hydrogen-bond acceptors (Lipinski definition) is 5. The molecule has 3 rings (SSSR count). The maximum absolute atomic E-state index is 12.3. The Bertz CT molecular complexity index is 1120. The average Bonchev–Trinajstić information content (AvgIpc) is 2.74. The molecule has 1 amide bonds. The molecular formula is C24H27N3O4. The number of carbonyl (C=O) groups is 2. The number of aromatic amines is 1. The number of anilines is 1. The molecular weight excluding hydrogens is 394 g/mol. The maximum atomic E-state index is 12.3. The second-order valence-corrected chi connectivity index (χ2v) is 7.78. The van der Waals surface area contributed by atoms with Crippen molar-refractivity contribution in [3.63, 3.8) is 0 Å². The molecule has 0 saturated carbocycles. The van der Waals surface area contributed by atoms with E-state index in [1.54, 1.807) is 18.2 Å². The second kappa shape index (κ2) is 10.0. The standard InChI is InChI=1S/C24H27N3O4/c1-15(2)17-11-13-18(14-12-17)25-23(29)16(3)31-22(28)10-6-9-21-26-20-8-5-4-7-19(20)24(30)27-21/h4-5,7-8,11-16H,6,9-10H2,1-3H3,(H,25,29)(H,26,27,30)/t16-/m1/s1. The van der Waals surface area contributed by atoms with Crippen molar-refractivity contribution < 1.29 is 14.3 Å². The zero-order valence-electron chi connectivity index (χ0n) is 18.0. The Kier molecular flexibility index (Phi) is 7.18. The molecule has 0 unspecified atom stereocenters. The Balaban J connectivity index is 1.46. The number of carbonyl (C=O) groups excluding carboxylic acids is 2. The van der Waals surface area contributed by atoms with Crippen LogP contribution in [0.5, 0.6) is 0 Å². The first-order valence-corrected chi connectivity index (χ1v) is 10.4. The van der Waals surface area contributed by atoms with Crippen LogP contribution in [-0.4, -0.2) is 27.9 Å². The highest BCUT2D eigenvalue weighted by atomic mass is 16.5. The molecule has 0 spiro atoms. The van der Waals surface area contributed by atoms with Crippen LogP contribution in [0.1, 0.15) is 50.9 Å². The SMILES string of the molecule is CC(C)c1ccc(NC(=O)[C@@H](C)OC(=O)CCCc2nc3ccccc3c(=O)[nH]2)cc1. The van der Waals surface area contributed by atoms with E-state index in [0.717, 1.165) is 0 Å². The van der Waals surface area contributed by atoms with Crippen molar-refractivity contribution in [2.24, 2.45) is 0 Å². The van der Waals surface area contributed by atoms with Crippen LogP contribution < -0.4 is 10.9 Å². The van der Waals surface area contributed by atoms with Crippen LogP contribution in [-0.2, 0) is 20.7 Å². The molecule has 31 heavy (non-hydrogen) atoms. The minimum atomic E-state index is -0.907. The van der Waals surface area contributed by atoms with E-state index >= 15 is 0 Å². The van der Waals surface area contributed by atoms with E-state index in [0.29, 0.717) is 41.2 Å². The molecule has 0 radical (unpaired) electrons. The highest BCUT2D eigenvalue weighted by Gasteiger charge is 2.18. The fraction of sp³-hybridized carbons (Fsp3) is 0.333. The average molecular weight is 421 g/mol. The van der Waals surface area contributed by atoms with Gasteiger partial charge in [-0.1, -0.05) is 38.1 Å². The lowest BCUT2D eigenvalue weighted by Crippen LogP contribution is -2.30. The second-order valence-electron chi connectivity index (χ2n) is 7.78. The van der Waals surface area contributed by atoms with Gasteiger partial charge < -0.3 is 15.0 Å². The van der Waals surface area contributed by atoms with Gasteiger partial charge in [0.05, 0.1) is 10.9 Å². The molecule has 162 valence electrons. The van der Waals surface area contributed by atoms with E-state index in [-0.39, 0.29) is 17.9 Å². The minimum Gasteiger partial charge on any atom is -0.453 e. The zero-order chi connectivity index (χ0) is 22.4. The summed E-state index contributed by atoms with van der Waals surface area (Å²) >= 11 is 0. The van der Waals surface area contributed by atoms with E-state index in [2.05, 4.69) is 29.1 Å². The van der Waals surface area contributed by atoms with E-state index < -0.39 is 12.1 Å². The number of para-hydroxylation sites is 1. The van der Waals surface area contributed by atoms with Gasteiger partial charge in [-0.05, 0) is 49.1 Å². The molecule has 1 atom stereocenters. The molecule has 1 aromatic heterocycles. The molecule has 1 heterocycles. The predicted molar refractivity (Wildman–Crippen MR) is 120 cm³/mol. The number of nitrogens with one attached hydrogen (secondary N) is 2. The number of ether oxygens (including phenoxy) is 1. The number of benzene rings is 2. The molecule has 0 aliphatic heterocycles. The van der Waals surface area contributed by atoms with E-state index in [1.165, 1.54) is 12.5 Å². The summed E-state index contributed by atoms with van der Waals surface area (Å²) in [5, 5.41) is 3.28. The summed E-state index contributed by atoms with van der Waals surface area (Å²) in [6.45, 7) is 5.74. The van der Waals surface area contributed by atoms with Crippen molar-refractivity contribution in [2.75, 3.05) is 5.32 Å². The van der Waals surface area contributed by atoms with Gasteiger partial charge in [-0.3, -0.25) is 14.4 Å². The van der Waals surface area contributed by atoms with Crippen molar-refractivity contribution in [3.8, 4) is 0 Å². The number of rotatable bonds is 8. The molecule has 0 aliphatic carbocycles. The highest BCUT2D eigenvalue weighted by Crippen LogP contribution is 2.17. The third kappa shape index (κ3) is 6.01. The Hall–Kier alpha value is -3.48. The number of H-pyrrole nitrogens is 1. The van der Waals surface area contributed by atoms with Gasteiger partial charge in [-0.2, -0.15) is 0 Å². The van der Waals surface area contributed by atoms with Gasteiger partial charge in [-0.25, -0.2) is 4.98 Å². The van der Waals surface area contributed by atoms with Gasteiger partial charge in [0.2, 0.25) is 0 Å². The van der Waals surface area contributed by atoms with Gasteiger partial charge in [0.15, 0.2) is 6.10 Å². The molecule has 0 bridgehead atoms. The highest BCUT2D eigenvalue weighted by molar-refractivity contribution is 5.95. The van der Waals surface area contributed by atoms with E-state index in [1.807, 2.05) is 30.3 Å². The smallest absolute Gasteiger partial charge is 0.306 e. The zero-order valence-corrected chi connectivity index (χ0v) is 18.0. The molecule has 0 saturated heterocycles. The third-order valence-corrected chi connectivity index (χ3v) is 4.98. The number of amides is 1. The van der Waals surface area contributed by atoms with Crippen LogP contribution in [0.15, 0.2) is 53.3 Å². The number of fused-ring (bicyclic) bond motifs is 1.